The molecular weight excluding hydrogens is 436 g/mol. The molecule has 164 valence electrons. The molecule has 0 radical (unpaired) electrons. The third-order valence-electron chi connectivity index (χ3n) is 4.61. The Kier molecular flexibility index (Phi) is 8.51. The van der Waals surface area contributed by atoms with Gasteiger partial charge in [0.25, 0.3) is 11.5 Å². The van der Waals surface area contributed by atoms with Crippen molar-refractivity contribution in [3.8, 4) is 0 Å². The van der Waals surface area contributed by atoms with Crippen molar-refractivity contribution in [1.29, 1.82) is 0 Å². The average molecular weight is 459 g/mol. The monoisotopic (exact) mass is 458 g/mol. The summed E-state index contributed by atoms with van der Waals surface area (Å²) in [4.78, 5) is 30.2. The van der Waals surface area contributed by atoms with Crippen LogP contribution in [0.1, 0.15) is 16.1 Å². The van der Waals surface area contributed by atoms with E-state index in [1.165, 1.54) is 15.6 Å². The zero-order chi connectivity index (χ0) is 19.8. The number of hydrogen-bond acceptors (Lipinski definition) is 5. The SMILES string of the molecule is Cc1cc(C(=O)NCC(N2CCNCC2)C(F)(F)F)c2c(=O)[nH]n(C)c2n1.Cl.Cl. The van der Waals surface area contributed by atoms with Gasteiger partial charge in [0, 0.05) is 45.5 Å². The Morgan fingerprint density at radius 1 is 1.31 bits per heavy atom. The van der Waals surface area contributed by atoms with Gasteiger partial charge in [0.2, 0.25) is 0 Å². The summed E-state index contributed by atoms with van der Waals surface area (Å²) in [5.74, 6) is -0.730. The first-order valence-electron chi connectivity index (χ1n) is 8.54. The first-order valence-corrected chi connectivity index (χ1v) is 8.54. The van der Waals surface area contributed by atoms with Crippen molar-refractivity contribution in [3.05, 3.63) is 27.7 Å². The number of alkyl halides is 3. The highest BCUT2D eigenvalue weighted by Gasteiger charge is 2.43. The zero-order valence-electron chi connectivity index (χ0n) is 15.8. The van der Waals surface area contributed by atoms with Gasteiger partial charge in [-0.1, -0.05) is 0 Å². The fraction of sp³-hybridized carbons (Fsp3) is 0.562. The number of nitrogens with one attached hydrogen (secondary N) is 3. The zero-order valence-corrected chi connectivity index (χ0v) is 17.4. The number of aromatic nitrogens is 3. The standard InChI is InChI=1S/C16H21F3N6O2.2ClH/c1-9-7-10(12-13(22-9)24(2)23-15(12)27)14(26)21-8-11(16(17,18)19)25-5-3-20-4-6-25;;/h7,11,20H,3-6,8H2,1-2H3,(H,21,26)(H,23,27);2*1H. The Balaban J connectivity index is 0.00000210. The van der Waals surface area contributed by atoms with Crippen molar-refractivity contribution in [3.63, 3.8) is 0 Å². The number of nitrogens with zero attached hydrogens (tertiary/aromatic N) is 3. The van der Waals surface area contributed by atoms with Crippen LogP contribution in [-0.4, -0.2) is 70.5 Å². The van der Waals surface area contributed by atoms with Gasteiger partial charge in [-0.3, -0.25) is 24.3 Å². The highest BCUT2D eigenvalue weighted by Crippen LogP contribution is 2.25. The molecule has 3 rings (SSSR count). The van der Waals surface area contributed by atoms with E-state index in [9.17, 15) is 22.8 Å². The molecule has 2 aromatic heterocycles. The van der Waals surface area contributed by atoms with Gasteiger partial charge in [0.05, 0.1) is 10.9 Å². The van der Waals surface area contributed by atoms with Crippen molar-refractivity contribution in [1.82, 2.24) is 30.3 Å². The van der Waals surface area contributed by atoms with E-state index in [2.05, 4.69) is 20.7 Å². The molecule has 1 unspecified atom stereocenters. The van der Waals surface area contributed by atoms with Gasteiger partial charge in [0.1, 0.15) is 6.04 Å². The lowest BCUT2D eigenvalue weighted by Gasteiger charge is -2.35. The Hall–Kier alpha value is -1.82. The molecule has 1 fully saturated rings. The van der Waals surface area contributed by atoms with E-state index in [-0.39, 0.29) is 54.5 Å². The summed E-state index contributed by atoms with van der Waals surface area (Å²) in [5, 5.41) is 7.91. The summed E-state index contributed by atoms with van der Waals surface area (Å²) in [7, 11) is 1.57. The molecule has 0 spiro atoms. The second-order valence-electron chi connectivity index (χ2n) is 6.56. The summed E-state index contributed by atoms with van der Waals surface area (Å²) in [6, 6.07) is -0.378. The molecule has 3 heterocycles. The minimum atomic E-state index is -4.47. The number of fused-ring (bicyclic) bond motifs is 1. The molecule has 0 aliphatic carbocycles. The average Bonchev–Trinajstić information content (AvgIpc) is 2.88. The van der Waals surface area contributed by atoms with E-state index in [1.54, 1.807) is 14.0 Å². The largest absolute Gasteiger partial charge is 0.405 e. The van der Waals surface area contributed by atoms with Crippen LogP contribution in [0, 0.1) is 6.92 Å². The molecule has 2 aromatic rings. The summed E-state index contributed by atoms with van der Waals surface area (Å²) in [6.07, 6.45) is -4.47. The topological polar surface area (TPSA) is 95.0 Å². The minimum absolute atomic E-state index is 0. The number of carbonyl (C=O) groups is 1. The quantitative estimate of drug-likeness (QED) is 0.634. The van der Waals surface area contributed by atoms with Crippen LogP contribution in [0.4, 0.5) is 13.2 Å². The molecule has 0 bridgehead atoms. The number of H-pyrrole nitrogens is 1. The van der Waals surface area contributed by atoms with E-state index < -0.39 is 30.2 Å². The number of amides is 1. The predicted molar refractivity (Wildman–Crippen MR) is 107 cm³/mol. The molecular formula is C16H23Cl2F3N6O2. The van der Waals surface area contributed by atoms with Crippen LogP contribution in [-0.2, 0) is 7.05 Å². The molecule has 1 aliphatic heterocycles. The Morgan fingerprint density at radius 3 is 2.52 bits per heavy atom. The second-order valence-corrected chi connectivity index (χ2v) is 6.56. The first kappa shape index (κ1) is 25.2. The van der Waals surface area contributed by atoms with Crippen LogP contribution in [0.15, 0.2) is 10.9 Å². The van der Waals surface area contributed by atoms with Crippen molar-refractivity contribution < 1.29 is 18.0 Å². The number of carbonyl (C=O) groups excluding carboxylic acids is 1. The maximum absolute atomic E-state index is 13.5. The summed E-state index contributed by atoms with van der Waals surface area (Å²) >= 11 is 0. The van der Waals surface area contributed by atoms with Gasteiger partial charge in [-0.15, -0.1) is 24.8 Å². The predicted octanol–water partition coefficient (Wildman–Crippen LogP) is 0.980. The number of halogens is 5. The maximum atomic E-state index is 13.5. The van der Waals surface area contributed by atoms with Gasteiger partial charge in [-0.25, -0.2) is 4.98 Å². The van der Waals surface area contributed by atoms with Crippen LogP contribution in [0.25, 0.3) is 11.0 Å². The molecule has 1 amide bonds. The molecule has 1 aliphatic rings. The lowest BCUT2D eigenvalue weighted by molar-refractivity contribution is -0.183. The van der Waals surface area contributed by atoms with E-state index in [0.29, 0.717) is 18.8 Å². The number of piperazine rings is 1. The van der Waals surface area contributed by atoms with E-state index in [4.69, 9.17) is 0 Å². The number of aryl methyl sites for hydroxylation is 2. The van der Waals surface area contributed by atoms with E-state index in [1.807, 2.05) is 0 Å². The van der Waals surface area contributed by atoms with E-state index in [0.717, 1.165) is 0 Å². The highest BCUT2D eigenvalue weighted by atomic mass is 35.5. The Bertz CT molecular complexity index is 908. The molecule has 3 N–H and O–H groups in total. The third kappa shape index (κ3) is 5.41. The summed E-state index contributed by atoms with van der Waals surface area (Å²) in [6.45, 7) is 2.48. The van der Waals surface area contributed by atoms with Crippen molar-refractivity contribution >= 4 is 41.8 Å². The number of hydrogen-bond donors (Lipinski definition) is 3. The van der Waals surface area contributed by atoms with Gasteiger partial charge < -0.3 is 10.6 Å². The Morgan fingerprint density at radius 2 is 1.93 bits per heavy atom. The molecule has 0 saturated carbocycles. The van der Waals surface area contributed by atoms with Gasteiger partial charge in [-0.05, 0) is 13.0 Å². The van der Waals surface area contributed by atoms with E-state index >= 15 is 0 Å². The number of rotatable bonds is 4. The molecule has 13 heteroatoms. The van der Waals surface area contributed by atoms with Crippen LogP contribution in [0.2, 0.25) is 0 Å². The van der Waals surface area contributed by atoms with Crippen molar-refractivity contribution in [2.24, 2.45) is 7.05 Å². The van der Waals surface area contributed by atoms with Gasteiger partial charge in [-0.2, -0.15) is 13.2 Å². The highest BCUT2D eigenvalue weighted by molar-refractivity contribution is 6.05. The van der Waals surface area contributed by atoms with Gasteiger partial charge >= 0.3 is 6.18 Å². The maximum Gasteiger partial charge on any atom is 0.405 e. The minimum Gasteiger partial charge on any atom is -0.350 e. The molecule has 1 saturated heterocycles. The smallest absolute Gasteiger partial charge is 0.350 e. The Labute approximate surface area is 177 Å². The summed E-state index contributed by atoms with van der Waals surface area (Å²) in [5.41, 5.74) is 0.261. The molecule has 8 nitrogen and oxygen atoms in total. The molecule has 1 atom stereocenters. The van der Waals surface area contributed by atoms with Crippen molar-refractivity contribution in [2.75, 3.05) is 32.7 Å². The van der Waals surface area contributed by atoms with Crippen LogP contribution in [0.5, 0.6) is 0 Å². The fourth-order valence-corrected chi connectivity index (χ4v) is 3.29. The number of pyridine rings is 1. The molecule has 29 heavy (non-hydrogen) atoms. The van der Waals surface area contributed by atoms with Crippen LogP contribution in [0.3, 0.4) is 0 Å². The summed E-state index contributed by atoms with van der Waals surface area (Å²) < 4.78 is 41.8. The van der Waals surface area contributed by atoms with Gasteiger partial charge in [0.15, 0.2) is 5.65 Å². The molecule has 0 aromatic carbocycles. The number of aromatic amines is 1. The first-order chi connectivity index (χ1) is 12.7. The van der Waals surface area contributed by atoms with Crippen LogP contribution < -0.4 is 16.2 Å². The lowest BCUT2D eigenvalue weighted by Crippen LogP contribution is -2.57. The second kappa shape index (κ2) is 9.79. The lowest BCUT2D eigenvalue weighted by atomic mass is 10.1. The normalized spacial score (nSPS) is 16.0. The van der Waals surface area contributed by atoms with Crippen LogP contribution >= 0.6 is 24.8 Å². The fourth-order valence-electron chi connectivity index (χ4n) is 3.29. The third-order valence-corrected chi connectivity index (χ3v) is 4.61. The van der Waals surface area contributed by atoms with Crippen molar-refractivity contribution in [2.45, 2.75) is 19.1 Å².